The van der Waals surface area contributed by atoms with Crippen LogP contribution in [-0.2, 0) is 5.11 Å². The van der Waals surface area contributed by atoms with Crippen LogP contribution in [0.3, 0.4) is 0 Å². The molecule has 4 heteroatoms. The molecule has 0 amide bonds. The predicted molar refractivity (Wildman–Crippen MR) is 99.3 cm³/mol. The molecule has 2 heterocycles. The van der Waals surface area contributed by atoms with Gasteiger partial charge in [0.2, 0.25) is 5.75 Å². The maximum absolute atomic E-state index is 12.0. The highest BCUT2D eigenvalue weighted by molar-refractivity contribution is 5.85. The number of piperidine rings is 1. The van der Waals surface area contributed by atoms with Crippen molar-refractivity contribution in [3.8, 4) is 5.75 Å². The molecule has 2 aromatic rings. The molecule has 1 radical (unpaired) electrons. The van der Waals surface area contributed by atoms with Crippen LogP contribution in [0.25, 0.3) is 10.9 Å². The first kappa shape index (κ1) is 17.0. The van der Waals surface area contributed by atoms with Crippen LogP contribution >= 0.6 is 0 Å². The van der Waals surface area contributed by atoms with E-state index in [2.05, 4.69) is 34.7 Å². The molecule has 4 nitrogen and oxygen atoms in total. The Kier molecular flexibility index (Phi) is 5.56. The lowest BCUT2D eigenvalue weighted by atomic mass is 10.0. The molecule has 1 aliphatic rings. The van der Waals surface area contributed by atoms with Crippen LogP contribution in [0, 0.1) is 0 Å². The number of rotatable bonds is 6. The zero-order chi connectivity index (χ0) is 16.9. The van der Waals surface area contributed by atoms with E-state index in [9.17, 15) is 5.11 Å². The van der Waals surface area contributed by atoms with Crippen molar-refractivity contribution >= 4 is 16.7 Å². The Morgan fingerprint density at radius 1 is 1.08 bits per heavy atom. The van der Waals surface area contributed by atoms with Gasteiger partial charge < -0.3 is 9.80 Å². The Morgan fingerprint density at radius 3 is 2.46 bits per heavy atom. The fourth-order valence-electron chi connectivity index (χ4n) is 3.80. The summed E-state index contributed by atoms with van der Waals surface area (Å²) in [5.41, 5.74) is 0.593. The number of benzene rings is 1. The largest absolute Gasteiger partial charge is 0.356 e. The fraction of sp³-hybridized carbons (Fsp3) is 0.550. The number of nitrogens with zero attached hydrogens (tertiary/aromatic N) is 3. The summed E-state index contributed by atoms with van der Waals surface area (Å²) in [7, 11) is 0. The van der Waals surface area contributed by atoms with Gasteiger partial charge in [-0.25, -0.2) is 4.98 Å². The van der Waals surface area contributed by atoms with Crippen LogP contribution < -0.4 is 4.90 Å². The van der Waals surface area contributed by atoms with Crippen LogP contribution in [0.2, 0.25) is 0 Å². The van der Waals surface area contributed by atoms with Crippen molar-refractivity contribution in [3.63, 3.8) is 0 Å². The van der Waals surface area contributed by atoms with E-state index >= 15 is 0 Å². The number of para-hydroxylation sites is 1. The van der Waals surface area contributed by atoms with Gasteiger partial charge in [0.05, 0.1) is 0 Å². The minimum atomic E-state index is 0.0151. The lowest BCUT2D eigenvalue weighted by molar-refractivity contribution is 0.169. The molecule has 1 aromatic carbocycles. The molecule has 1 aromatic heterocycles. The van der Waals surface area contributed by atoms with E-state index in [-0.39, 0.29) is 5.75 Å². The first-order valence-electron chi connectivity index (χ1n) is 9.28. The Morgan fingerprint density at radius 2 is 1.79 bits per heavy atom. The number of pyridine rings is 1. The second-order valence-corrected chi connectivity index (χ2v) is 6.75. The average molecular weight is 326 g/mol. The van der Waals surface area contributed by atoms with Crippen molar-refractivity contribution in [3.05, 3.63) is 30.3 Å². The van der Waals surface area contributed by atoms with Gasteiger partial charge in [-0.05, 0) is 57.0 Å². The summed E-state index contributed by atoms with van der Waals surface area (Å²) in [4.78, 5) is 9.63. The van der Waals surface area contributed by atoms with E-state index in [0.29, 0.717) is 11.6 Å². The minimum absolute atomic E-state index is 0.0151. The van der Waals surface area contributed by atoms with Gasteiger partial charge >= 0.3 is 0 Å². The molecule has 0 unspecified atom stereocenters. The second kappa shape index (κ2) is 7.84. The van der Waals surface area contributed by atoms with Crippen LogP contribution in [0.5, 0.6) is 5.75 Å². The summed E-state index contributed by atoms with van der Waals surface area (Å²) in [5.74, 6) is 0.961. The van der Waals surface area contributed by atoms with Crippen LogP contribution in [-0.4, -0.2) is 42.1 Å². The summed E-state index contributed by atoms with van der Waals surface area (Å²) in [6, 6.07) is 10.1. The number of anilines is 1. The van der Waals surface area contributed by atoms with Crippen molar-refractivity contribution in [1.82, 2.24) is 9.88 Å². The number of hydrogen-bond donors (Lipinski definition) is 0. The van der Waals surface area contributed by atoms with Gasteiger partial charge in [-0.3, -0.25) is 5.11 Å². The van der Waals surface area contributed by atoms with Crippen molar-refractivity contribution in [2.75, 3.05) is 31.1 Å². The highest BCUT2D eigenvalue weighted by Gasteiger charge is 2.24. The number of hydrogen-bond acceptors (Lipinski definition) is 3. The maximum Gasteiger partial charge on any atom is 0.204 e. The van der Waals surface area contributed by atoms with Crippen molar-refractivity contribution in [2.24, 2.45) is 0 Å². The molecule has 3 rings (SSSR count). The van der Waals surface area contributed by atoms with E-state index in [1.807, 2.05) is 12.1 Å². The topological polar surface area (TPSA) is 39.3 Å². The van der Waals surface area contributed by atoms with Gasteiger partial charge in [-0.15, -0.1) is 0 Å². The second-order valence-electron chi connectivity index (χ2n) is 6.75. The molecule has 1 aliphatic heterocycles. The third-order valence-electron chi connectivity index (χ3n) is 5.00. The summed E-state index contributed by atoms with van der Waals surface area (Å²) in [6.45, 7) is 8.97. The van der Waals surface area contributed by atoms with Crippen LogP contribution in [0.1, 0.15) is 39.5 Å². The van der Waals surface area contributed by atoms with Crippen molar-refractivity contribution < 1.29 is 5.11 Å². The molecule has 0 atom stereocenters. The van der Waals surface area contributed by atoms with Gasteiger partial charge in [-0.2, -0.15) is 0 Å². The third kappa shape index (κ3) is 3.64. The zero-order valence-electron chi connectivity index (χ0n) is 14.9. The van der Waals surface area contributed by atoms with E-state index in [1.54, 1.807) is 12.1 Å². The summed E-state index contributed by atoms with van der Waals surface area (Å²) in [6.07, 6.45) is 4.80. The summed E-state index contributed by atoms with van der Waals surface area (Å²) >= 11 is 0. The smallest absolute Gasteiger partial charge is 0.204 e. The van der Waals surface area contributed by atoms with Crippen LogP contribution in [0.15, 0.2) is 30.3 Å². The highest BCUT2D eigenvalue weighted by Crippen LogP contribution is 2.27. The quantitative estimate of drug-likeness (QED) is 0.786. The van der Waals surface area contributed by atoms with Gasteiger partial charge in [0.15, 0.2) is 0 Å². The fourth-order valence-corrected chi connectivity index (χ4v) is 3.80. The Balaban J connectivity index is 1.69. The molecule has 0 aliphatic carbocycles. The Hall–Kier alpha value is -1.81. The lowest BCUT2D eigenvalue weighted by Gasteiger charge is -2.39. The molecule has 0 spiro atoms. The summed E-state index contributed by atoms with van der Waals surface area (Å²) in [5, 5.41) is 12.9. The molecular formula is C20H28N3O. The molecule has 0 saturated carbocycles. The highest BCUT2D eigenvalue weighted by atomic mass is 16.3. The molecular weight excluding hydrogens is 298 g/mol. The van der Waals surface area contributed by atoms with Gasteiger partial charge in [0.25, 0.3) is 0 Å². The lowest BCUT2D eigenvalue weighted by Crippen LogP contribution is -2.45. The Labute approximate surface area is 145 Å². The summed E-state index contributed by atoms with van der Waals surface area (Å²) < 4.78 is 0. The third-order valence-corrected chi connectivity index (χ3v) is 5.00. The van der Waals surface area contributed by atoms with Gasteiger partial charge in [-0.1, -0.05) is 26.0 Å². The SMILES string of the molecule is CCCN(CCC)C1CCN(c2ccc3cccc([O])c3n2)CC1. The van der Waals surface area contributed by atoms with Gasteiger partial charge in [0, 0.05) is 24.5 Å². The molecule has 1 saturated heterocycles. The number of fused-ring (bicyclic) bond motifs is 1. The van der Waals surface area contributed by atoms with Crippen LogP contribution in [0.4, 0.5) is 5.82 Å². The Bertz CT molecular complexity index is 659. The first-order chi connectivity index (χ1) is 11.7. The first-order valence-corrected chi connectivity index (χ1v) is 9.28. The van der Waals surface area contributed by atoms with E-state index in [1.165, 1.54) is 38.8 Å². The average Bonchev–Trinajstić information content (AvgIpc) is 2.62. The molecule has 129 valence electrons. The van der Waals surface area contributed by atoms with Crippen molar-refractivity contribution in [2.45, 2.75) is 45.6 Å². The zero-order valence-corrected chi connectivity index (χ0v) is 14.9. The van der Waals surface area contributed by atoms with Crippen molar-refractivity contribution in [1.29, 1.82) is 0 Å². The van der Waals surface area contributed by atoms with E-state index in [4.69, 9.17) is 0 Å². The predicted octanol–water partition coefficient (Wildman–Crippen LogP) is 4.47. The standard InChI is InChI=1S/C20H28N3O/c1-3-12-22(13-4-2)17-10-14-23(15-11-17)19-9-8-16-6-5-7-18(24)20(16)21-19/h5-9,17H,3-4,10-15H2,1-2H3. The minimum Gasteiger partial charge on any atom is -0.356 e. The monoisotopic (exact) mass is 326 g/mol. The molecule has 0 N–H and O–H groups in total. The molecule has 0 bridgehead atoms. The normalized spacial score (nSPS) is 16.2. The van der Waals surface area contributed by atoms with E-state index in [0.717, 1.165) is 24.3 Å². The van der Waals surface area contributed by atoms with E-state index < -0.39 is 0 Å². The van der Waals surface area contributed by atoms with Gasteiger partial charge in [0.1, 0.15) is 11.3 Å². The molecule has 1 fully saturated rings. The molecule has 24 heavy (non-hydrogen) atoms. The number of aromatic nitrogens is 1. The maximum atomic E-state index is 12.0.